The van der Waals surface area contributed by atoms with Gasteiger partial charge in [0.1, 0.15) is 11.6 Å². The summed E-state index contributed by atoms with van der Waals surface area (Å²) >= 11 is 5.87. The summed E-state index contributed by atoms with van der Waals surface area (Å²) in [7, 11) is 0. The van der Waals surface area contributed by atoms with Crippen LogP contribution in [0.1, 0.15) is 19.8 Å². The topological polar surface area (TPSA) is 56.1 Å². The third-order valence-corrected chi connectivity index (χ3v) is 3.68. The quantitative estimate of drug-likeness (QED) is 0.687. The van der Waals surface area contributed by atoms with E-state index in [0.29, 0.717) is 16.6 Å². The normalized spacial score (nSPS) is 19.0. The molecule has 1 N–H and O–H groups in total. The minimum atomic E-state index is -0.405. The van der Waals surface area contributed by atoms with Gasteiger partial charge in [0, 0.05) is 30.0 Å². The Morgan fingerprint density at radius 3 is 3.05 bits per heavy atom. The van der Waals surface area contributed by atoms with Crippen LogP contribution in [0.3, 0.4) is 0 Å². The van der Waals surface area contributed by atoms with Crippen molar-refractivity contribution < 1.29 is 4.79 Å². The van der Waals surface area contributed by atoms with Gasteiger partial charge in [-0.3, -0.25) is 4.79 Å². The molecule has 1 saturated heterocycles. The maximum atomic E-state index is 12.1. The fourth-order valence-electron chi connectivity index (χ4n) is 2.43. The third-order valence-electron chi connectivity index (χ3n) is 3.45. The number of carbonyl (C=O) groups excluding carboxylic acids is 1. The van der Waals surface area contributed by atoms with Gasteiger partial charge in [0.25, 0.3) is 5.91 Å². The standard InChI is InChI=1S/C16H18ClN3O/c1-12-4-3-7-20(10-12)11-13(9-18)16(21)19-15-6-2-5-14(17)8-15/h2,5-6,8,11-12H,3-4,7,10H2,1H3,(H,19,21)/t12-/m0/s1. The first kappa shape index (κ1) is 15.4. The molecule has 1 aliphatic rings. The Bertz CT molecular complexity index is 591. The van der Waals surface area contributed by atoms with Gasteiger partial charge in [-0.1, -0.05) is 24.6 Å². The maximum absolute atomic E-state index is 12.1. The highest BCUT2D eigenvalue weighted by atomic mass is 35.5. The first-order valence-electron chi connectivity index (χ1n) is 7.01. The average Bonchev–Trinajstić information content (AvgIpc) is 2.44. The van der Waals surface area contributed by atoms with E-state index in [0.717, 1.165) is 19.5 Å². The first-order chi connectivity index (χ1) is 10.1. The Hall–Kier alpha value is -1.99. The number of rotatable bonds is 3. The second kappa shape index (κ2) is 7.14. The van der Waals surface area contributed by atoms with Gasteiger partial charge >= 0.3 is 0 Å². The van der Waals surface area contributed by atoms with Crippen molar-refractivity contribution >= 4 is 23.2 Å². The molecule has 1 fully saturated rings. The van der Waals surface area contributed by atoms with Crippen LogP contribution in [0.2, 0.25) is 5.02 Å². The van der Waals surface area contributed by atoms with Crippen LogP contribution in [-0.2, 0) is 4.79 Å². The molecule has 1 aromatic rings. The summed E-state index contributed by atoms with van der Waals surface area (Å²) < 4.78 is 0. The minimum Gasteiger partial charge on any atom is -0.376 e. The van der Waals surface area contributed by atoms with Crippen LogP contribution in [0.5, 0.6) is 0 Å². The molecule has 1 amide bonds. The number of piperidine rings is 1. The molecule has 0 spiro atoms. The lowest BCUT2D eigenvalue weighted by molar-refractivity contribution is -0.112. The van der Waals surface area contributed by atoms with Gasteiger partial charge in [0.05, 0.1) is 0 Å². The molecule has 0 saturated carbocycles. The molecule has 1 atom stereocenters. The number of hydrogen-bond donors (Lipinski definition) is 1. The lowest BCUT2D eigenvalue weighted by atomic mass is 10.0. The molecule has 5 heteroatoms. The van der Waals surface area contributed by atoms with Crippen molar-refractivity contribution in [2.24, 2.45) is 5.92 Å². The van der Waals surface area contributed by atoms with E-state index in [9.17, 15) is 10.1 Å². The second-order valence-corrected chi connectivity index (χ2v) is 5.80. The van der Waals surface area contributed by atoms with Crippen LogP contribution < -0.4 is 5.32 Å². The highest BCUT2D eigenvalue weighted by Gasteiger charge is 2.16. The number of nitrogens with zero attached hydrogens (tertiary/aromatic N) is 2. The van der Waals surface area contributed by atoms with Crippen molar-refractivity contribution in [3.8, 4) is 6.07 Å². The van der Waals surface area contributed by atoms with Crippen molar-refractivity contribution in [2.45, 2.75) is 19.8 Å². The Kier molecular flexibility index (Phi) is 5.24. The number of nitrogens with one attached hydrogen (secondary N) is 1. The molecule has 1 aromatic carbocycles. The van der Waals surface area contributed by atoms with E-state index < -0.39 is 5.91 Å². The zero-order valence-electron chi connectivity index (χ0n) is 12.0. The highest BCUT2D eigenvalue weighted by Crippen LogP contribution is 2.18. The Labute approximate surface area is 130 Å². The van der Waals surface area contributed by atoms with Crippen molar-refractivity contribution in [1.82, 2.24) is 4.90 Å². The van der Waals surface area contributed by atoms with Crippen LogP contribution in [-0.4, -0.2) is 23.9 Å². The molecule has 0 aromatic heterocycles. The molecule has 1 aliphatic heterocycles. The van der Waals surface area contributed by atoms with Gasteiger partial charge in [-0.15, -0.1) is 0 Å². The number of likely N-dealkylation sites (tertiary alicyclic amines) is 1. The number of anilines is 1. The zero-order chi connectivity index (χ0) is 15.2. The molecule has 0 radical (unpaired) electrons. The molecule has 0 unspecified atom stereocenters. The first-order valence-corrected chi connectivity index (χ1v) is 7.39. The monoisotopic (exact) mass is 303 g/mol. The lowest BCUT2D eigenvalue weighted by Gasteiger charge is -2.29. The fourth-order valence-corrected chi connectivity index (χ4v) is 2.62. The predicted molar refractivity (Wildman–Crippen MR) is 83.7 cm³/mol. The maximum Gasteiger partial charge on any atom is 0.267 e. The summed E-state index contributed by atoms with van der Waals surface area (Å²) in [4.78, 5) is 14.2. The summed E-state index contributed by atoms with van der Waals surface area (Å²) in [5, 5.41) is 12.4. The summed E-state index contributed by atoms with van der Waals surface area (Å²) in [5.41, 5.74) is 0.699. The van der Waals surface area contributed by atoms with Crippen molar-refractivity contribution in [1.29, 1.82) is 5.26 Å². The Morgan fingerprint density at radius 2 is 2.38 bits per heavy atom. The van der Waals surface area contributed by atoms with Gasteiger partial charge in [0.2, 0.25) is 0 Å². The molecule has 110 valence electrons. The van der Waals surface area contributed by atoms with Crippen LogP contribution in [0.15, 0.2) is 36.0 Å². The van der Waals surface area contributed by atoms with Gasteiger partial charge < -0.3 is 10.2 Å². The largest absolute Gasteiger partial charge is 0.376 e. The van der Waals surface area contributed by atoms with E-state index in [1.807, 2.05) is 11.0 Å². The third kappa shape index (κ3) is 4.51. The van der Waals surface area contributed by atoms with Gasteiger partial charge in [0.15, 0.2) is 0 Å². The minimum absolute atomic E-state index is 0.115. The number of carbonyl (C=O) groups is 1. The van der Waals surface area contributed by atoms with Gasteiger partial charge in [-0.25, -0.2) is 0 Å². The van der Waals surface area contributed by atoms with Crippen LogP contribution >= 0.6 is 11.6 Å². The van der Waals surface area contributed by atoms with E-state index in [2.05, 4.69) is 12.2 Å². The van der Waals surface area contributed by atoms with E-state index in [1.54, 1.807) is 30.5 Å². The molecular formula is C16H18ClN3O. The lowest BCUT2D eigenvalue weighted by Crippen LogP contribution is -2.31. The number of halogens is 1. The molecule has 1 heterocycles. The summed E-state index contributed by atoms with van der Waals surface area (Å²) in [5.74, 6) is 0.184. The number of nitriles is 1. The highest BCUT2D eigenvalue weighted by molar-refractivity contribution is 6.31. The molecule has 2 rings (SSSR count). The van der Waals surface area contributed by atoms with Crippen molar-refractivity contribution in [3.63, 3.8) is 0 Å². The number of hydrogen-bond acceptors (Lipinski definition) is 3. The van der Waals surface area contributed by atoms with E-state index >= 15 is 0 Å². The Morgan fingerprint density at radius 1 is 1.57 bits per heavy atom. The van der Waals surface area contributed by atoms with Gasteiger partial charge in [-0.2, -0.15) is 5.26 Å². The molecule has 0 bridgehead atoms. The van der Waals surface area contributed by atoms with Crippen LogP contribution in [0.4, 0.5) is 5.69 Å². The number of benzene rings is 1. The number of amides is 1. The molecule has 4 nitrogen and oxygen atoms in total. The summed E-state index contributed by atoms with van der Waals surface area (Å²) in [6.07, 6.45) is 3.95. The summed E-state index contributed by atoms with van der Waals surface area (Å²) in [6, 6.07) is 8.84. The second-order valence-electron chi connectivity index (χ2n) is 5.36. The summed E-state index contributed by atoms with van der Waals surface area (Å²) in [6.45, 7) is 3.95. The molecule has 21 heavy (non-hydrogen) atoms. The fraction of sp³-hybridized carbons (Fsp3) is 0.375. The SMILES string of the molecule is C[C@H]1CCCN(C=C(C#N)C(=O)Nc2cccc(Cl)c2)C1. The van der Waals surface area contributed by atoms with Crippen molar-refractivity contribution in [3.05, 3.63) is 41.1 Å². The van der Waals surface area contributed by atoms with E-state index in [1.165, 1.54) is 6.42 Å². The van der Waals surface area contributed by atoms with E-state index in [4.69, 9.17) is 11.6 Å². The Balaban J connectivity index is 2.06. The predicted octanol–water partition coefficient (Wildman–Crippen LogP) is 3.42. The zero-order valence-corrected chi connectivity index (χ0v) is 12.7. The smallest absolute Gasteiger partial charge is 0.267 e. The van der Waals surface area contributed by atoms with Crippen LogP contribution in [0.25, 0.3) is 0 Å². The average molecular weight is 304 g/mol. The van der Waals surface area contributed by atoms with E-state index in [-0.39, 0.29) is 5.57 Å². The van der Waals surface area contributed by atoms with Gasteiger partial charge in [-0.05, 0) is 37.0 Å². The molecule has 0 aliphatic carbocycles. The molecular weight excluding hydrogens is 286 g/mol. The van der Waals surface area contributed by atoms with Crippen LogP contribution in [0, 0.1) is 17.2 Å². The van der Waals surface area contributed by atoms with Crippen molar-refractivity contribution in [2.75, 3.05) is 18.4 Å².